The van der Waals surface area contributed by atoms with Crippen molar-refractivity contribution in [2.45, 2.75) is 24.3 Å². The van der Waals surface area contributed by atoms with E-state index in [-0.39, 0.29) is 18.0 Å². The first-order valence-corrected chi connectivity index (χ1v) is 8.59. The Balaban J connectivity index is 1.64. The van der Waals surface area contributed by atoms with Crippen LogP contribution in [0.15, 0.2) is 29.2 Å². The zero-order valence-corrected chi connectivity index (χ0v) is 14.0. The van der Waals surface area contributed by atoms with E-state index < -0.39 is 0 Å². The minimum atomic E-state index is -0.0652. The number of thioether (sulfide) groups is 1. The normalized spacial score (nSPS) is 17.4. The number of amides is 3. The van der Waals surface area contributed by atoms with Crippen LogP contribution in [0.1, 0.15) is 13.3 Å². The van der Waals surface area contributed by atoms with Gasteiger partial charge in [-0.05, 0) is 30.7 Å². The number of carbonyl (C=O) groups excluding carboxylic acids is 2. The fraction of sp³-hybridized carbons (Fsp3) is 0.467. The molecule has 1 aromatic rings. The molecule has 1 heterocycles. The van der Waals surface area contributed by atoms with Crippen molar-refractivity contribution in [2.75, 3.05) is 25.4 Å². The third-order valence-electron chi connectivity index (χ3n) is 3.34. The van der Waals surface area contributed by atoms with Crippen molar-refractivity contribution in [3.63, 3.8) is 0 Å². The highest BCUT2D eigenvalue weighted by molar-refractivity contribution is 7.99. The van der Waals surface area contributed by atoms with Crippen molar-refractivity contribution in [2.24, 2.45) is 0 Å². The first-order valence-electron chi connectivity index (χ1n) is 7.23. The summed E-state index contributed by atoms with van der Waals surface area (Å²) in [5, 5.41) is 6.47. The molecule has 0 bridgehead atoms. The second-order valence-electron chi connectivity index (χ2n) is 5.17. The van der Waals surface area contributed by atoms with Crippen LogP contribution in [0.25, 0.3) is 0 Å². The number of hydrogen-bond acceptors (Lipinski definition) is 3. The second kappa shape index (κ2) is 8.29. The standard InChI is InChI=1S/C15H20ClN3O2S/c1-11(20)18-13-6-8-19(10-13)15(21)17-7-9-22-14-4-2-12(16)3-5-14/h2-5,13H,6-10H2,1H3,(H,17,21)(H,18,20)/t13-/m1/s1. The molecule has 1 saturated heterocycles. The lowest BCUT2D eigenvalue weighted by Gasteiger charge is -2.17. The summed E-state index contributed by atoms with van der Waals surface area (Å²) in [6, 6.07) is 7.65. The smallest absolute Gasteiger partial charge is 0.317 e. The molecule has 1 aliphatic heterocycles. The van der Waals surface area contributed by atoms with E-state index in [1.165, 1.54) is 6.92 Å². The average Bonchev–Trinajstić information content (AvgIpc) is 2.93. The van der Waals surface area contributed by atoms with Gasteiger partial charge in [0.1, 0.15) is 0 Å². The predicted octanol–water partition coefficient (Wildman–Crippen LogP) is 2.35. The van der Waals surface area contributed by atoms with Crippen molar-refractivity contribution < 1.29 is 9.59 Å². The van der Waals surface area contributed by atoms with Gasteiger partial charge in [0.05, 0.1) is 0 Å². The van der Waals surface area contributed by atoms with Crippen LogP contribution in [0.3, 0.4) is 0 Å². The van der Waals surface area contributed by atoms with Crippen LogP contribution in [0, 0.1) is 0 Å². The molecule has 120 valence electrons. The zero-order chi connectivity index (χ0) is 15.9. The number of hydrogen-bond donors (Lipinski definition) is 2. The van der Waals surface area contributed by atoms with E-state index >= 15 is 0 Å². The number of carbonyl (C=O) groups is 2. The molecule has 0 spiro atoms. The van der Waals surface area contributed by atoms with E-state index in [1.807, 2.05) is 24.3 Å². The van der Waals surface area contributed by atoms with E-state index in [0.717, 1.165) is 22.1 Å². The Morgan fingerprint density at radius 3 is 2.77 bits per heavy atom. The topological polar surface area (TPSA) is 61.4 Å². The zero-order valence-electron chi connectivity index (χ0n) is 12.5. The molecule has 0 saturated carbocycles. The average molecular weight is 342 g/mol. The van der Waals surface area contributed by atoms with Gasteiger partial charge in [0.15, 0.2) is 0 Å². The van der Waals surface area contributed by atoms with Crippen LogP contribution in [0.2, 0.25) is 5.02 Å². The molecule has 22 heavy (non-hydrogen) atoms. The maximum absolute atomic E-state index is 12.0. The lowest BCUT2D eigenvalue weighted by molar-refractivity contribution is -0.119. The molecular formula is C15H20ClN3O2S. The van der Waals surface area contributed by atoms with Gasteiger partial charge in [-0.3, -0.25) is 4.79 Å². The van der Waals surface area contributed by atoms with Crippen LogP contribution in [0.4, 0.5) is 4.79 Å². The summed E-state index contributed by atoms with van der Waals surface area (Å²) in [7, 11) is 0. The van der Waals surface area contributed by atoms with Gasteiger partial charge in [-0.2, -0.15) is 0 Å². The Morgan fingerprint density at radius 2 is 2.09 bits per heavy atom. The number of nitrogens with one attached hydrogen (secondary N) is 2. The quantitative estimate of drug-likeness (QED) is 0.638. The number of halogens is 1. The van der Waals surface area contributed by atoms with Crippen molar-refractivity contribution >= 4 is 35.3 Å². The van der Waals surface area contributed by atoms with E-state index in [9.17, 15) is 9.59 Å². The van der Waals surface area contributed by atoms with Crippen molar-refractivity contribution in [3.05, 3.63) is 29.3 Å². The Bertz CT molecular complexity index is 524. The molecule has 3 amide bonds. The maximum Gasteiger partial charge on any atom is 0.317 e. The lowest BCUT2D eigenvalue weighted by Crippen LogP contribution is -2.42. The number of urea groups is 1. The number of likely N-dealkylation sites (tertiary alicyclic amines) is 1. The summed E-state index contributed by atoms with van der Waals surface area (Å²) in [4.78, 5) is 25.9. The molecule has 0 unspecified atom stereocenters. The highest BCUT2D eigenvalue weighted by Crippen LogP contribution is 2.19. The van der Waals surface area contributed by atoms with E-state index in [4.69, 9.17) is 11.6 Å². The molecule has 1 aromatic carbocycles. The highest BCUT2D eigenvalue weighted by Gasteiger charge is 2.26. The molecule has 1 fully saturated rings. The maximum atomic E-state index is 12.0. The Hall–Kier alpha value is -1.40. The fourth-order valence-corrected chi connectivity index (χ4v) is 3.21. The third kappa shape index (κ3) is 5.42. The van der Waals surface area contributed by atoms with Crippen LogP contribution in [-0.2, 0) is 4.79 Å². The molecule has 1 atom stereocenters. The van der Waals surface area contributed by atoms with Gasteiger partial charge in [0.25, 0.3) is 0 Å². The summed E-state index contributed by atoms with van der Waals surface area (Å²) in [5.74, 6) is 0.752. The van der Waals surface area contributed by atoms with Crippen molar-refractivity contribution in [3.8, 4) is 0 Å². The van der Waals surface area contributed by atoms with Gasteiger partial charge in [-0.25, -0.2) is 4.79 Å². The van der Waals surface area contributed by atoms with E-state index in [2.05, 4.69) is 10.6 Å². The molecular weight excluding hydrogens is 322 g/mol. The van der Waals surface area contributed by atoms with Gasteiger partial charge in [0.2, 0.25) is 5.91 Å². The van der Waals surface area contributed by atoms with Gasteiger partial charge in [0, 0.05) is 48.3 Å². The van der Waals surface area contributed by atoms with Gasteiger partial charge < -0.3 is 15.5 Å². The number of benzene rings is 1. The summed E-state index contributed by atoms with van der Waals surface area (Å²) in [6.45, 7) is 3.36. The van der Waals surface area contributed by atoms with Gasteiger partial charge in [-0.1, -0.05) is 11.6 Å². The largest absolute Gasteiger partial charge is 0.352 e. The SMILES string of the molecule is CC(=O)N[C@@H]1CCN(C(=O)NCCSc2ccc(Cl)cc2)C1. The number of nitrogens with zero attached hydrogens (tertiary/aromatic N) is 1. The minimum Gasteiger partial charge on any atom is -0.352 e. The Labute approximate surface area is 139 Å². The third-order valence-corrected chi connectivity index (χ3v) is 4.61. The van der Waals surface area contributed by atoms with E-state index in [1.54, 1.807) is 16.7 Å². The lowest BCUT2D eigenvalue weighted by atomic mass is 10.3. The molecule has 0 aromatic heterocycles. The number of rotatable bonds is 5. The van der Waals surface area contributed by atoms with Crippen LogP contribution < -0.4 is 10.6 Å². The molecule has 1 aliphatic rings. The van der Waals surface area contributed by atoms with E-state index in [0.29, 0.717) is 19.6 Å². The first kappa shape index (κ1) is 17.0. The highest BCUT2D eigenvalue weighted by atomic mass is 35.5. The fourth-order valence-electron chi connectivity index (χ4n) is 2.32. The second-order valence-corrected chi connectivity index (χ2v) is 6.77. The minimum absolute atomic E-state index is 0.0494. The molecule has 7 heteroatoms. The molecule has 2 N–H and O–H groups in total. The monoisotopic (exact) mass is 341 g/mol. The molecule has 2 rings (SSSR count). The van der Waals surface area contributed by atoms with Crippen molar-refractivity contribution in [1.29, 1.82) is 0 Å². The van der Waals surface area contributed by atoms with Crippen LogP contribution in [0.5, 0.6) is 0 Å². The van der Waals surface area contributed by atoms with Crippen molar-refractivity contribution in [1.82, 2.24) is 15.5 Å². The molecule has 5 nitrogen and oxygen atoms in total. The van der Waals surface area contributed by atoms with Crippen LogP contribution >= 0.6 is 23.4 Å². The summed E-state index contributed by atoms with van der Waals surface area (Å²) in [6.07, 6.45) is 0.812. The predicted molar refractivity (Wildman–Crippen MR) is 89.4 cm³/mol. The summed E-state index contributed by atoms with van der Waals surface area (Å²) in [5.41, 5.74) is 0. The molecule has 0 aliphatic carbocycles. The van der Waals surface area contributed by atoms with Gasteiger partial charge in [-0.15, -0.1) is 11.8 Å². The Kier molecular flexibility index (Phi) is 6.39. The van der Waals surface area contributed by atoms with Crippen LogP contribution in [-0.4, -0.2) is 48.3 Å². The summed E-state index contributed by atoms with van der Waals surface area (Å²) >= 11 is 7.51. The Morgan fingerprint density at radius 1 is 1.36 bits per heavy atom. The summed E-state index contributed by atoms with van der Waals surface area (Å²) < 4.78 is 0. The molecule has 0 radical (unpaired) electrons. The first-order chi connectivity index (χ1) is 10.5. The van der Waals surface area contributed by atoms with Gasteiger partial charge >= 0.3 is 6.03 Å².